The minimum atomic E-state index is -3.59. The second-order valence-electron chi connectivity index (χ2n) is 6.29. The van der Waals surface area contributed by atoms with Crippen LogP contribution < -0.4 is 15.4 Å². The third kappa shape index (κ3) is 5.87. The zero-order chi connectivity index (χ0) is 20.7. The number of carbonyl (C=O) groups is 1. The van der Waals surface area contributed by atoms with Gasteiger partial charge in [0.25, 0.3) is 0 Å². The molecule has 0 saturated heterocycles. The van der Waals surface area contributed by atoms with Crippen molar-refractivity contribution in [1.82, 2.24) is 30.1 Å². The van der Waals surface area contributed by atoms with Gasteiger partial charge < -0.3 is 10.6 Å². The van der Waals surface area contributed by atoms with Crippen LogP contribution in [0.2, 0.25) is 0 Å². The van der Waals surface area contributed by atoms with Crippen LogP contribution in [0.15, 0.2) is 66.0 Å². The van der Waals surface area contributed by atoms with Crippen molar-refractivity contribution in [2.24, 2.45) is 0 Å². The van der Waals surface area contributed by atoms with E-state index in [-0.39, 0.29) is 18.0 Å². The Labute approximate surface area is 169 Å². The first-order valence-corrected chi connectivity index (χ1v) is 10.5. The van der Waals surface area contributed by atoms with Gasteiger partial charge in [-0.2, -0.15) is 5.10 Å². The van der Waals surface area contributed by atoms with Gasteiger partial charge in [0.15, 0.2) is 5.82 Å². The van der Waals surface area contributed by atoms with Crippen LogP contribution in [0, 0.1) is 6.92 Å². The van der Waals surface area contributed by atoms with E-state index in [1.165, 1.54) is 0 Å². The highest BCUT2D eigenvalue weighted by Crippen LogP contribution is 2.09. The van der Waals surface area contributed by atoms with Crippen LogP contribution in [0.4, 0.5) is 4.79 Å². The Morgan fingerprint density at radius 3 is 2.59 bits per heavy atom. The Hall–Kier alpha value is -3.24. The van der Waals surface area contributed by atoms with Gasteiger partial charge in [-0.15, -0.1) is 0 Å². The summed E-state index contributed by atoms with van der Waals surface area (Å²) in [7, 11) is -3.59. The molecular weight excluding hydrogens is 392 g/mol. The molecule has 0 radical (unpaired) electrons. The molecule has 3 N–H and O–H groups in total. The molecule has 1 aromatic carbocycles. The van der Waals surface area contributed by atoms with Gasteiger partial charge in [0, 0.05) is 38.2 Å². The number of hydrogen-bond donors (Lipinski definition) is 3. The summed E-state index contributed by atoms with van der Waals surface area (Å²) in [6, 6.07) is 11.6. The summed E-state index contributed by atoms with van der Waals surface area (Å²) in [5, 5.41) is 9.46. The smallest absolute Gasteiger partial charge is 0.315 e. The molecule has 0 unspecified atom stereocenters. The zero-order valence-corrected chi connectivity index (χ0v) is 16.7. The largest absolute Gasteiger partial charge is 0.337 e. The van der Waals surface area contributed by atoms with E-state index in [2.05, 4.69) is 25.4 Å². The van der Waals surface area contributed by atoms with E-state index in [0.29, 0.717) is 12.4 Å². The van der Waals surface area contributed by atoms with Crippen molar-refractivity contribution < 1.29 is 13.2 Å². The molecular formula is C19H22N6O3S. The Bertz CT molecular complexity index is 1050. The number of rotatable bonds is 8. The quantitative estimate of drug-likeness (QED) is 0.481. The van der Waals surface area contributed by atoms with Gasteiger partial charge >= 0.3 is 6.03 Å². The van der Waals surface area contributed by atoms with Crippen molar-refractivity contribution in [3.8, 4) is 5.82 Å². The highest BCUT2D eigenvalue weighted by Gasteiger charge is 2.12. The molecule has 9 nitrogen and oxygen atoms in total. The Morgan fingerprint density at radius 2 is 1.86 bits per heavy atom. The van der Waals surface area contributed by atoms with Crippen LogP contribution in [-0.2, 0) is 16.6 Å². The fourth-order valence-electron chi connectivity index (χ4n) is 2.51. The third-order valence-corrected chi connectivity index (χ3v) is 5.51. The van der Waals surface area contributed by atoms with E-state index >= 15 is 0 Å². The predicted octanol–water partition coefficient (Wildman–Crippen LogP) is 1.35. The lowest BCUT2D eigenvalue weighted by molar-refractivity contribution is 0.240. The predicted molar refractivity (Wildman–Crippen MR) is 108 cm³/mol. The van der Waals surface area contributed by atoms with E-state index in [0.717, 1.165) is 11.1 Å². The van der Waals surface area contributed by atoms with E-state index in [1.807, 2.05) is 13.0 Å². The molecule has 152 valence electrons. The lowest BCUT2D eigenvalue weighted by Crippen LogP contribution is -2.40. The van der Waals surface area contributed by atoms with Crippen LogP contribution in [0.5, 0.6) is 0 Å². The molecule has 2 aromatic heterocycles. The van der Waals surface area contributed by atoms with Crippen molar-refractivity contribution in [2.75, 3.05) is 13.1 Å². The second kappa shape index (κ2) is 9.30. The SMILES string of the molecule is Cc1ccc(S(=O)(=O)NCCNC(=O)NCc2ccnc(-n3cccn3)c2)cc1. The van der Waals surface area contributed by atoms with Crippen LogP contribution in [-0.4, -0.2) is 42.3 Å². The zero-order valence-electron chi connectivity index (χ0n) is 15.9. The van der Waals surface area contributed by atoms with Gasteiger partial charge in [-0.1, -0.05) is 17.7 Å². The summed E-state index contributed by atoms with van der Waals surface area (Å²) < 4.78 is 28.4. The standard InChI is InChI=1S/C19H22N6O3S/c1-15-3-5-17(6-4-15)29(27,28)24-11-10-21-19(26)22-14-16-7-9-20-18(13-16)25-12-2-8-23-25/h2-9,12-13,24H,10-11,14H2,1H3,(H2,21,22,26). The highest BCUT2D eigenvalue weighted by molar-refractivity contribution is 7.89. The first kappa shape index (κ1) is 20.5. The number of aromatic nitrogens is 3. The molecule has 0 bridgehead atoms. The van der Waals surface area contributed by atoms with E-state index in [1.54, 1.807) is 59.7 Å². The maximum atomic E-state index is 12.2. The van der Waals surface area contributed by atoms with Crippen LogP contribution in [0.25, 0.3) is 5.82 Å². The summed E-state index contributed by atoms with van der Waals surface area (Å²) in [4.78, 5) is 16.4. The molecule has 0 fully saturated rings. The van der Waals surface area contributed by atoms with Crippen LogP contribution in [0.1, 0.15) is 11.1 Å². The molecule has 3 rings (SSSR count). The molecule has 2 amide bonds. The molecule has 0 aliphatic carbocycles. The maximum Gasteiger partial charge on any atom is 0.315 e. The monoisotopic (exact) mass is 414 g/mol. The molecule has 0 atom stereocenters. The first-order valence-electron chi connectivity index (χ1n) is 8.97. The molecule has 10 heteroatoms. The number of nitrogens with zero attached hydrogens (tertiary/aromatic N) is 3. The number of amides is 2. The van der Waals surface area contributed by atoms with E-state index < -0.39 is 16.1 Å². The Balaban J connectivity index is 1.41. The average Bonchev–Trinajstić information content (AvgIpc) is 3.25. The minimum absolute atomic E-state index is 0.0856. The third-order valence-electron chi connectivity index (χ3n) is 4.04. The topological polar surface area (TPSA) is 118 Å². The van der Waals surface area contributed by atoms with Gasteiger partial charge in [0.1, 0.15) is 0 Å². The second-order valence-corrected chi connectivity index (χ2v) is 8.06. The summed E-state index contributed by atoms with van der Waals surface area (Å²) in [5.74, 6) is 0.653. The first-order chi connectivity index (χ1) is 13.9. The fourth-order valence-corrected chi connectivity index (χ4v) is 3.54. The van der Waals surface area contributed by atoms with Crippen molar-refractivity contribution >= 4 is 16.1 Å². The highest BCUT2D eigenvalue weighted by atomic mass is 32.2. The number of urea groups is 1. The fraction of sp³-hybridized carbons (Fsp3) is 0.211. The van der Waals surface area contributed by atoms with E-state index in [9.17, 15) is 13.2 Å². The number of hydrogen-bond acceptors (Lipinski definition) is 5. The van der Waals surface area contributed by atoms with Gasteiger partial charge in [0.05, 0.1) is 4.90 Å². The number of sulfonamides is 1. The lowest BCUT2D eigenvalue weighted by atomic mass is 10.2. The van der Waals surface area contributed by atoms with Gasteiger partial charge in [-0.3, -0.25) is 0 Å². The summed E-state index contributed by atoms with van der Waals surface area (Å²) in [6.45, 7) is 2.43. The van der Waals surface area contributed by atoms with Crippen LogP contribution in [0.3, 0.4) is 0 Å². The molecule has 2 heterocycles. The summed E-state index contributed by atoms with van der Waals surface area (Å²) in [5.41, 5.74) is 1.84. The van der Waals surface area contributed by atoms with Gasteiger partial charge in [-0.05, 0) is 42.8 Å². The number of nitrogens with one attached hydrogen (secondary N) is 3. The maximum absolute atomic E-state index is 12.2. The molecule has 29 heavy (non-hydrogen) atoms. The number of aryl methyl sites for hydroxylation is 1. The molecule has 3 aromatic rings. The number of benzene rings is 1. The Morgan fingerprint density at radius 1 is 1.07 bits per heavy atom. The van der Waals surface area contributed by atoms with Crippen LogP contribution >= 0.6 is 0 Å². The number of pyridine rings is 1. The van der Waals surface area contributed by atoms with Crippen molar-refractivity contribution in [3.05, 3.63) is 72.2 Å². The van der Waals surface area contributed by atoms with Gasteiger partial charge in [-0.25, -0.2) is 27.6 Å². The minimum Gasteiger partial charge on any atom is -0.337 e. The molecule has 0 aliphatic heterocycles. The summed E-state index contributed by atoms with van der Waals surface area (Å²) >= 11 is 0. The number of carbonyl (C=O) groups excluding carboxylic acids is 1. The van der Waals surface area contributed by atoms with Crippen molar-refractivity contribution in [3.63, 3.8) is 0 Å². The van der Waals surface area contributed by atoms with E-state index in [4.69, 9.17) is 0 Å². The Kier molecular flexibility index (Phi) is 6.57. The van der Waals surface area contributed by atoms with Gasteiger partial charge in [0.2, 0.25) is 10.0 Å². The summed E-state index contributed by atoms with van der Waals surface area (Å²) in [6.07, 6.45) is 5.09. The average molecular weight is 414 g/mol. The molecule has 0 saturated carbocycles. The molecule has 0 aliphatic rings. The lowest BCUT2D eigenvalue weighted by Gasteiger charge is -2.10. The van der Waals surface area contributed by atoms with Crippen molar-refractivity contribution in [1.29, 1.82) is 0 Å². The normalized spacial score (nSPS) is 11.2. The molecule has 0 spiro atoms. The van der Waals surface area contributed by atoms with Crippen molar-refractivity contribution in [2.45, 2.75) is 18.4 Å².